The van der Waals surface area contributed by atoms with Gasteiger partial charge in [0.1, 0.15) is 5.75 Å². The number of carbonyl (C=O) groups excluding carboxylic acids is 1. The van der Waals surface area contributed by atoms with Gasteiger partial charge in [0.15, 0.2) is 15.7 Å². The van der Waals surface area contributed by atoms with Gasteiger partial charge in [-0.25, -0.2) is 13.4 Å². The van der Waals surface area contributed by atoms with Crippen molar-refractivity contribution in [3.8, 4) is 17.1 Å². The lowest BCUT2D eigenvalue weighted by Crippen LogP contribution is -2.36. The van der Waals surface area contributed by atoms with Crippen LogP contribution in [0.3, 0.4) is 0 Å². The van der Waals surface area contributed by atoms with Crippen molar-refractivity contribution in [2.75, 3.05) is 24.4 Å². The molecule has 0 aliphatic carbocycles. The summed E-state index contributed by atoms with van der Waals surface area (Å²) in [4.78, 5) is 16.3. The van der Waals surface area contributed by atoms with Crippen LogP contribution in [-0.2, 0) is 14.6 Å². The molecule has 1 fully saturated rings. The highest BCUT2D eigenvalue weighted by Gasteiger charge is 2.28. The van der Waals surface area contributed by atoms with E-state index in [9.17, 15) is 13.2 Å². The highest BCUT2D eigenvalue weighted by Crippen LogP contribution is 2.21. The van der Waals surface area contributed by atoms with Crippen LogP contribution in [0.2, 0.25) is 0 Å². The molecule has 1 aliphatic heterocycles. The number of hydrogen-bond acceptors (Lipinski definition) is 7. The Hall–Kier alpha value is -2.07. The van der Waals surface area contributed by atoms with E-state index in [4.69, 9.17) is 4.74 Å². The maximum Gasteiger partial charge on any atom is 0.230 e. The third-order valence-electron chi connectivity index (χ3n) is 3.76. The van der Waals surface area contributed by atoms with Crippen LogP contribution in [0.1, 0.15) is 6.42 Å². The second-order valence-corrected chi connectivity index (χ2v) is 8.82. The summed E-state index contributed by atoms with van der Waals surface area (Å²) in [7, 11) is -1.40. The first-order valence-corrected chi connectivity index (χ1v) is 10.5. The lowest BCUT2D eigenvalue weighted by molar-refractivity contribution is -0.119. The zero-order valence-corrected chi connectivity index (χ0v) is 15.2. The van der Waals surface area contributed by atoms with Gasteiger partial charge in [0, 0.05) is 11.6 Å². The van der Waals surface area contributed by atoms with Gasteiger partial charge in [0.2, 0.25) is 11.1 Å². The van der Waals surface area contributed by atoms with E-state index < -0.39 is 9.84 Å². The second-order valence-electron chi connectivity index (χ2n) is 5.65. The van der Waals surface area contributed by atoms with Crippen molar-refractivity contribution in [1.29, 1.82) is 0 Å². The normalized spacial score (nSPS) is 18.8. The van der Waals surface area contributed by atoms with Crippen LogP contribution in [0.15, 0.2) is 29.4 Å². The predicted molar refractivity (Wildman–Crippen MR) is 94.3 cm³/mol. The van der Waals surface area contributed by atoms with Crippen molar-refractivity contribution in [1.82, 2.24) is 20.5 Å². The standard InChI is InChI=1S/C15H18N4O4S2/c1-23-12-4-2-10(3-5-12)14-17-15(19-18-14)24-8-13(20)16-11-6-7-25(21,22)9-11/h2-5,11H,6-9H2,1H3,(H,16,20)(H,17,18,19)/t11-/m1/s1. The summed E-state index contributed by atoms with van der Waals surface area (Å²) in [6.07, 6.45) is 0.473. The van der Waals surface area contributed by atoms with Gasteiger partial charge in [-0.05, 0) is 30.7 Å². The number of thioether (sulfide) groups is 1. The minimum Gasteiger partial charge on any atom is -0.497 e. The fourth-order valence-electron chi connectivity index (χ4n) is 2.50. The lowest BCUT2D eigenvalue weighted by atomic mass is 10.2. The zero-order valence-electron chi connectivity index (χ0n) is 13.6. The minimum absolute atomic E-state index is 0.0195. The number of aromatic amines is 1. The maximum absolute atomic E-state index is 11.9. The van der Waals surface area contributed by atoms with Crippen molar-refractivity contribution in [2.24, 2.45) is 0 Å². The number of amides is 1. The summed E-state index contributed by atoms with van der Waals surface area (Å²) < 4.78 is 27.9. The van der Waals surface area contributed by atoms with Crippen LogP contribution in [0.4, 0.5) is 0 Å². The van der Waals surface area contributed by atoms with E-state index in [1.165, 1.54) is 11.8 Å². The zero-order chi connectivity index (χ0) is 17.9. The molecule has 0 spiro atoms. The number of aromatic nitrogens is 3. The molecule has 1 aromatic carbocycles. The molecule has 2 N–H and O–H groups in total. The van der Waals surface area contributed by atoms with E-state index in [1.807, 2.05) is 24.3 Å². The SMILES string of the molecule is COc1ccc(-c2nc(SCC(=O)N[C@@H]3CCS(=O)(=O)C3)n[nH]2)cc1. The number of methoxy groups -OCH3 is 1. The minimum atomic E-state index is -3.00. The largest absolute Gasteiger partial charge is 0.497 e. The van der Waals surface area contributed by atoms with E-state index in [-0.39, 0.29) is 29.2 Å². The van der Waals surface area contributed by atoms with E-state index in [0.717, 1.165) is 11.3 Å². The molecule has 1 saturated heterocycles. The van der Waals surface area contributed by atoms with Crippen molar-refractivity contribution < 1.29 is 17.9 Å². The van der Waals surface area contributed by atoms with E-state index in [1.54, 1.807) is 7.11 Å². The number of sulfone groups is 1. The molecule has 134 valence electrons. The molecule has 2 heterocycles. The monoisotopic (exact) mass is 382 g/mol. The van der Waals surface area contributed by atoms with Gasteiger partial charge in [-0.1, -0.05) is 11.8 Å². The van der Waals surface area contributed by atoms with Gasteiger partial charge in [0.05, 0.1) is 24.4 Å². The number of ether oxygens (including phenoxy) is 1. The summed E-state index contributed by atoms with van der Waals surface area (Å²) in [6.45, 7) is 0. The third kappa shape index (κ3) is 4.73. The Kier molecular flexibility index (Phi) is 5.28. The molecule has 0 bridgehead atoms. The number of rotatable bonds is 6. The first-order valence-electron chi connectivity index (χ1n) is 7.64. The summed E-state index contributed by atoms with van der Waals surface area (Å²) >= 11 is 1.20. The topological polar surface area (TPSA) is 114 Å². The molecular formula is C15H18N4O4S2. The molecule has 0 unspecified atom stereocenters. The van der Waals surface area contributed by atoms with Crippen LogP contribution < -0.4 is 10.1 Å². The number of nitrogens with zero attached hydrogens (tertiary/aromatic N) is 2. The Balaban J connectivity index is 1.52. The van der Waals surface area contributed by atoms with E-state index in [0.29, 0.717) is 17.4 Å². The van der Waals surface area contributed by atoms with Crippen molar-refractivity contribution in [3.63, 3.8) is 0 Å². The fourth-order valence-corrected chi connectivity index (χ4v) is 4.78. The molecule has 1 aliphatic rings. The van der Waals surface area contributed by atoms with E-state index >= 15 is 0 Å². The van der Waals surface area contributed by atoms with Gasteiger partial charge in [-0.15, -0.1) is 5.10 Å². The first-order chi connectivity index (χ1) is 11.9. The quantitative estimate of drug-likeness (QED) is 0.713. The fraction of sp³-hybridized carbons (Fsp3) is 0.400. The van der Waals surface area contributed by atoms with Crippen molar-refractivity contribution in [2.45, 2.75) is 17.6 Å². The van der Waals surface area contributed by atoms with Crippen LogP contribution in [0, 0.1) is 0 Å². The van der Waals surface area contributed by atoms with Crippen LogP contribution >= 0.6 is 11.8 Å². The molecule has 8 nitrogen and oxygen atoms in total. The Morgan fingerprint density at radius 3 is 2.80 bits per heavy atom. The van der Waals surface area contributed by atoms with E-state index in [2.05, 4.69) is 20.5 Å². The summed E-state index contributed by atoms with van der Waals surface area (Å²) in [5.74, 6) is 1.43. The summed E-state index contributed by atoms with van der Waals surface area (Å²) in [6, 6.07) is 7.09. The first kappa shape index (κ1) is 17.7. The van der Waals surface area contributed by atoms with Crippen LogP contribution in [0.25, 0.3) is 11.4 Å². The Labute approximate surface area is 149 Å². The van der Waals surface area contributed by atoms with Gasteiger partial charge >= 0.3 is 0 Å². The number of carbonyl (C=O) groups is 1. The van der Waals surface area contributed by atoms with Crippen molar-refractivity contribution in [3.05, 3.63) is 24.3 Å². The smallest absolute Gasteiger partial charge is 0.230 e. The van der Waals surface area contributed by atoms with Crippen molar-refractivity contribution >= 4 is 27.5 Å². The average Bonchev–Trinajstić information content (AvgIpc) is 3.19. The molecular weight excluding hydrogens is 364 g/mol. The molecule has 0 radical (unpaired) electrons. The Morgan fingerprint density at radius 1 is 1.40 bits per heavy atom. The highest BCUT2D eigenvalue weighted by atomic mass is 32.2. The molecule has 1 amide bonds. The Bertz CT molecular complexity index is 849. The molecule has 3 rings (SSSR count). The number of H-pyrrole nitrogens is 1. The molecule has 10 heteroatoms. The summed E-state index contributed by atoms with van der Waals surface area (Å²) in [5.41, 5.74) is 0.862. The number of benzene rings is 1. The van der Waals surface area contributed by atoms with Gasteiger partial charge in [0.25, 0.3) is 0 Å². The summed E-state index contributed by atoms with van der Waals surface area (Å²) in [5, 5.41) is 10.1. The average molecular weight is 382 g/mol. The predicted octanol–water partition coefficient (Wildman–Crippen LogP) is 0.876. The highest BCUT2D eigenvalue weighted by molar-refractivity contribution is 7.99. The molecule has 0 saturated carbocycles. The third-order valence-corrected chi connectivity index (χ3v) is 6.37. The van der Waals surface area contributed by atoms with Crippen LogP contribution in [0.5, 0.6) is 5.75 Å². The number of nitrogens with one attached hydrogen (secondary N) is 2. The molecule has 1 atom stereocenters. The van der Waals surface area contributed by atoms with Gasteiger partial charge < -0.3 is 10.1 Å². The Morgan fingerprint density at radius 2 is 2.16 bits per heavy atom. The second kappa shape index (κ2) is 7.44. The lowest BCUT2D eigenvalue weighted by Gasteiger charge is -2.09. The molecule has 25 heavy (non-hydrogen) atoms. The van der Waals surface area contributed by atoms with Crippen LogP contribution in [-0.4, -0.2) is 59.9 Å². The molecule has 2 aromatic rings. The maximum atomic E-state index is 11.9. The molecule has 1 aromatic heterocycles. The number of hydrogen-bond donors (Lipinski definition) is 2. The van der Waals surface area contributed by atoms with Gasteiger partial charge in [-0.2, -0.15) is 0 Å². The van der Waals surface area contributed by atoms with Gasteiger partial charge in [-0.3, -0.25) is 9.89 Å².